The zero-order valence-corrected chi connectivity index (χ0v) is 9.95. The molecule has 0 amide bonds. The van der Waals surface area contributed by atoms with Crippen LogP contribution in [-0.4, -0.2) is 27.5 Å². The normalized spacial score (nSPS) is 9.68. The molecule has 0 saturated carbocycles. The number of carbonyl (C=O) groups excluding carboxylic acids is 1. The van der Waals surface area contributed by atoms with Gasteiger partial charge in [-0.25, -0.2) is 14.8 Å². The van der Waals surface area contributed by atoms with E-state index in [0.717, 1.165) is 0 Å². The molecule has 0 fully saturated rings. The number of nitrogens with zero attached hydrogens (tertiary/aromatic N) is 4. The summed E-state index contributed by atoms with van der Waals surface area (Å²) in [5.41, 5.74) is 0.155. The first-order valence-electron chi connectivity index (χ1n) is 5.35. The van der Waals surface area contributed by atoms with E-state index < -0.39 is 5.97 Å². The van der Waals surface area contributed by atoms with Crippen molar-refractivity contribution >= 4 is 17.8 Å². The Morgan fingerprint density at radius 1 is 1.53 bits per heavy atom. The van der Waals surface area contributed by atoms with Crippen LogP contribution in [0.2, 0.25) is 0 Å². The van der Waals surface area contributed by atoms with Gasteiger partial charge in [-0.3, -0.25) is 10.3 Å². The molecule has 2 rings (SSSR count). The summed E-state index contributed by atoms with van der Waals surface area (Å²) < 4.78 is 9.88. The highest BCUT2D eigenvalue weighted by Gasteiger charge is 2.13. The molecule has 0 aliphatic rings. The molecular weight excluding hydrogens is 250 g/mol. The van der Waals surface area contributed by atoms with Gasteiger partial charge in [-0.1, -0.05) is 0 Å². The molecule has 1 N–H and O–H groups in total. The molecule has 0 aliphatic heterocycles. The molecule has 0 bridgehead atoms. The predicted molar refractivity (Wildman–Crippen MR) is 62.5 cm³/mol. The summed E-state index contributed by atoms with van der Waals surface area (Å²) in [6.07, 6.45) is 3.96. The quantitative estimate of drug-likeness (QED) is 0.816. The molecule has 8 heteroatoms. The van der Waals surface area contributed by atoms with Crippen LogP contribution in [0.3, 0.4) is 0 Å². The fourth-order valence-electron chi connectivity index (χ4n) is 1.22. The Balaban J connectivity index is 2.11. The molecule has 0 radical (unpaired) electrons. The van der Waals surface area contributed by atoms with E-state index in [1.165, 1.54) is 18.6 Å². The van der Waals surface area contributed by atoms with Crippen molar-refractivity contribution in [2.75, 3.05) is 11.9 Å². The fraction of sp³-hybridized carbons (Fsp3) is 0.182. The smallest absolute Gasteiger partial charge is 0.376 e. The summed E-state index contributed by atoms with van der Waals surface area (Å²) in [5.74, 6) is -0.329. The van der Waals surface area contributed by atoms with Crippen LogP contribution in [0.15, 0.2) is 23.0 Å². The number of nitriles is 1. The van der Waals surface area contributed by atoms with Gasteiger partial charge in [0.05, 0.1) is 25.2 Å². The molecule has 0 saturated heterocycles. The van der Waals surface area contributed by atoms with E-state index in [2.05, 4.69) is 20.3 Å². The van der Waals surface area contributed by atoms with E-state index in [9.17, 15) is 4.79 Å². The zero-order valence-electron chi connectivity index (χ0n) is 9.95. The molecule has 0 atom stereocenters. The number of nitrogens with one attached hydrogen (secondary N) is 1. The van der Waals surface area contributed by atoms with Crippen LogP contribution in [-0.2, 0) is 4.74 Å². The van der Waals surface area contributed by atoms with Crippen molar-refractivity contribution in [3.63, 3.8) is 0 Å². The number of ether oxygens (including phenoxy) is 1. The lowest BCUT2D eigenvalue weighted by Crippen LogP contribution is -2.02. The summed E-state index contributed by atoms with van der Waals surface area (Å²) in [5, 5.41) is 11.4. The van der Waals surface area contributed by atoms with Crippen LogP contribution in [0.1, 0.15) is 23.2 Å². The van der Waals surface area contributed by atoms with E-state index in [-0.39, 0.29) is 29.9 Å². The Labute approximate surface area is 108 Å². The highest BCUT2D eigenvalue weighted by molar-refractivity contribution is 5.86. The van der Waals surface area contributed by atoms with Crippen molar-refractivity contribution in [2.45, 2.75) is 6.92 Å². The number of esters is 1. The predicted octanol–water partition coefficient (Wildman–Crippen LogP) is 1.26. The van der Waals surface area contributed by atoms with Crippen molar-refractivity contribution < 1.29 is 13.9 Å². The van der Waals surface area contributed by atoms with Gasteiger partial charge < -0.3 is 9.15 Å². The highest BCUT2D eigenvalue weighted by Crippen LogP contribution is 2.14. The molecule has 0 unspecified atom stereocenters. The van der Waals surface area contributed by atoms with Crippen LogP contribution in [0.4, 0.5) is 11.8 Å². The Kier molecular flexibility index (Phi) is 3.68. The maximum atomic E-state index is 11.4. The lowest BCUT2D eigenvalue weighted by Gasteiger charge is -1.99. The second-order valence-electron chi connectivity index (χ2n) is 3.28. The summed E-state index contributed by atoms with van der Waals surface area (Å²) in [6.45, 7) is 1.94. The SMILES string of the molecule is CCOC(=O)c1cnc(Nc2cncc(C#N)n2)o1. The Hall–Kier alpha value is -2.95. The molecule has 0 spiro atoms. The van der Waals surface area contributed by atoms with E-state index in [4.69, 9.17) is 14.4 Å². The lowest BCUT2D eigenvalue weighted by atomic mass is 10.5. The summed E-state index contributed by atoms with van der Waals surface area (Å²) in [7, 11) is 0. The number of hydrogen-bond donors (Lipinski definition) is 1. The molecule has 2 aromatic heterocycles. The number of hydrogen-bond acceptors (Lipinski definition) is 8. The standard InChI is InChI=1S/C11H9N5O3/c1-2-18-10(17)8-5-14-11(19-8)16-9-6-13-4-7(3-12)15-9/h4-6H,2H2,1H3,(H,14,15,16). The van der Waals surface area contributed by atoms with Crippen LogP contribution < -0.4 is 5.32 Å². The highest BCUT2D eigenvalue weighted by atomic mass is 16.5. The number of aromatic nitrogens is 3. The molecule has 2 heterocycles. The molecule has 96 valence electrons. The first-order valence-corrected chi connectivity index (χ1v) is 5.35. The third kappa shape index (κ3) is 3.04. The minimum atomic E-state index is -0.597. The van der Waals surface area contributed by atoms with Crippen molar-refractivity contribution in [3.05, 3.63) is 30.0 Å². The zero-order chi connectivity index (χ0) is 13.7. The van der Waals surface area contributed by atoms with Gasteiger partial charge in [0.2, 0.25) is 5.76 Å². The second-order valence-corrected chi connectivity index (χ2v) is 3.28. The topological polar surface area (TPSA) is 114 Å². The largest absolute Gasteiger partial charge is 0.460 e. The minimum Gasteiger partial charge on any atom is -0.460 e. The summed E-state index contributed by atoms with van der Waals surface area (Å²) in [4.78, 5) is 22.9. The van der Waals surface area contributed by atoms with E-state index >= 15 is 0 Å². The third-order valence-electron chi connectivity index (χ3n) is 1.97. The Bertz CT molecular complexity index is 631. The van der Waals surface area contributed by atoms with Crippen molar-refractivity contribution in [3.8, 4) is 6.07 Å². The molecule has 0 aromatic carbocycles. The van der Waals surface area contributed by atoms with Crippen LogP contribution >= 0.6 is 0 Å². The Morgan fingerprint density at radius 2 is 2.37 bits per heavy atom. The van der Waals surface area contributed by atoms with Gasteiger partial charge in [-0.15, -0.1) is 0 Å². The monoisotopic (exact) mass is 259 g/mol. The Morgan fingerprint density at radius 3 is 3.11 bits per heavy atom. The van der Waals surface area contributed by atoms with Crippen molar-refractivity contribution in [1.82, 2.24) is 15.0 Å². The summed E-state index contributed by atoms with van der Waals surface area (Å²) in [6, 6.07) is 1.92. The molecular formula is C11H9N5O3. The van der Waals surface area contributed by atoms with Crippen LogP contribution in [0.25, 0.3) is 0 Å². The second kappa shape index (κ2) is 5.59. The fourth-order valence-corrected chi connectivity index (χ4v) is 1.22. The van der Waals surface area contributed by atoms with Crippen molar-refractivity contribution in [1.29, 1.82) is 5.26 Å². The lowest BCUT2D eigenvalue weighted by molar-refractivity contribution is 0.0491. The van der Waals surface area contributed by atoms with E-state index in [0.29, 0.717) is 0 Å². The van der Waals surface area contributed by atoms with Gasteiger partial charge in [0.25, 0.3) is 0 Å². The van der Waals surface area contributed by atoms with Gasteiger partial charge in [0, 0.05) is 0 Å². The molecule has 2 aromatic rings. The van der Waals surface area contributed by atoms with E-state index in [1.807, 2.05) is 6.07 Å². The van der Waals surface area contributed by atoms with Gasteiger partial charge in [-0.2, -0.15) is 5.26 Å². The maximum Gasteiger partial charge on any atom is 0.376 e. The van der Waals surface area contributed by atoms with Crippen LogP contribution in [0.5, 0.6) is 0 Å². The average Bonchev–Trinajstić information content (AvgIpc) is 2.88. The number of carbonyl (C=O) groups is 1. The van der Waals surface area contributed by atoms with Gasteiger partial charge in [0.15, 0.2) is 11.5 Å². The third-order valence-corrected chi connectivity index (χ3v) is 1.97. The van der Waals surface area contributed by atoms with Crippen molar-refractivity contribution in [2.24, 2.45) is 0 Å². The molecule has 8 nitrogen and oxygen atoms in total. The maximum absolute atomic E-state index is 11.4. The van der Waals surface area contributed by atoms with Gasteiger partial charge in [-0.05, 0) is 6.92 Å². The molecule has 19 heavy (non-hydrogen) atoms. The molecule has 0 aliphatic carbocycles. The van der Waals surface area contributed by atoms with Gasteiger partial charge >= 0.3 is 12.0 Å². The minimum absolute atomic E-state index is 0.0197. The summed E-state index contributed by atoms with van der Waals surface area (Å²) >= 11 is 0. The number of anilines is 2. The van der Waals surface area contributed by atoms with E-state index in [1.54, 1.807) is 6.92 Å². The average molecular weight is 259 g/mol. The first-order chi connectivity index (χ1) is 9.22. The number of rotatable bonds is 4. The number of oxazole rings is 1. The van der Waals surface area contributed by atoms with Crippen LogP contribution in [0, 0.1) is 11.3 Å². The van der Waals surface area contributed by atoms with Gasteiger partial charge in [0.1, 0.15) is 6.07 Å². The first kappa shape index (κ1) is 12.5.